The van der Waals surface area contributed by atoms with Crippen molar-refractivity contribution < 1.29 is 12.6 Å². The van der Waals surface area contributed by atoms with E-state index in [4.69, 9.17) is 11.6 Å². The molecule has 0 spiro atoms. The van der Waals surface area contributed by atoms with E-state index in [1.807, 2.05) is 18.2 Å². The Morgan fingerprint density at radius 3 is 2.33 bits per heavy atom. The lowest BCUT2D eigenvalue weighted by atomic mass is 10.2. The van der Waals surface area contributed by atoms with Crippen molar-refractivity contribution in [2.75, 3.05) is 12.0 Å². The number of halogens is 1. The quantitative estimate of drug-likeness (QED) is 0.839. The minimum Gasteiger partial charge on any atom is -0.254 e. The second-order valence-corrected chi connectivity index (χ2v) is 8.54. The Labute approximate surface area is 132 Å². The molecule has 0 unspecified atom stereocenters. The second-order valence-electron chi connectivity index (χ2n) is 4.61. The number of rotatable bonds is 5. The van der Waals surface area contributed by atoms with Crippen LogP contribution in [0.15, 0.2) is 58.3 Å². The fourth-order valence-corrected chi connectivity index (χ4v) is 4.83. The van der Waals surface area contributed by atoms with E-state index in [2.05, 4.69) is 0 Å². The Kier molecular flexibility index (Phi) is 5.19. The molecule has 0 aliphatic carbocycles. The minimum absolute atomic E-state index is 0.127. The van der Waals surface area contributed by atoms with Crippen molar-refractivity contribution in [1.82, 2.24) is 0 Å². The van der Waals surface area contributed by atoms with Crippen LogP contribution in [0.5, 0.6) is 0 Å². The summed E-state index contributed by atoms with van der Waals surface area (Å²) >= 11 is 6.06. The molecule has 2 aromatic rings. The molecule has 0 aromatic heterocycles. The van der Waals surface area contributed by atoms with Crippen molar-refractivity contribution in [3.8, 4) is 0 Å². The van der Waals surface area contributed by atoms with Gasteiger partial charge in [0.1, 0.15) is 0 Å². The predicted octanol–water partition coefficient (Wildman–Crippen LogP) is 3.09. The van der Waals surface area contributed by atoms with Crippen LogP contribution >= 0.6 is 11.6 Å². The maximum absolute atomic E-state index is 12.4. The van der Waals surface area contributed by atoms with Crippen LogP contribution in [-0.2, 0) is 27.1 Å². The Morgan fingerprint density at radius 1 is 1.05 bits per heavy atom. The first-order chi connectivity index (χ1) is 9.89. The summed E-state index contributed by atoms with van der Waals surface area (Å²) in [5.74, 6) is 0.330. The molecule has 0 saturated heterocycles. The smallest absolute Gasteiger partial charge is 0.176 e. The summed E-state index contributed by atoms with van der Waals surface area (Å²) in [6.45, 7) is 0. The van der Waals surface area contributed by atoms with Gasteiger partial charge in [-0.3, -0.25) is 4.21 Å². The van der Waals surface area contributed by atoms with E-state index in [0.717, 1.165) is 11.8 Å². The van der Waals surface area contributed by atoms with E-state index in [1.54, 1.807) is 24.3 Å². The molecular formula is C15H15ClO3S2. The lowest BCUT2D eigenvalue weighted by Crippen LogP contribution is -2.08. The highest BCUT2D eigenvalue weighted by atomic mass is 35.5. The molecule has 0 amide bonds. The van der Waals surface area contributed by atoms with Crippen LogP contribution in [0, 0.1) is 0 Å². The molecule has 0 saturated carbocycles. The molecule has 0 heterocycles. The number of aryl methyl sites for hydroxylation is 1. The third-order valence-electron chi connectivity index (χ3n) is 3.01. The molecule has 0 aliphatic rings. The largest absolute Gasteiger partial charge is 0.254 e. The normalized spacial score (nSPS) is 13.0. The Hall–Kier alpha value is -1.17. The molecular weight excluding hydrogens is 328 g/mol. The topological polar surface area (TPSA) is 51.2 Å². The number of benzene rings is 2. The van der Waals surface area contributed by atoms with Gasteiger partial charge in [0.05, 0.1) is 20.6 Å². The summed E-state index contributed by atoms with van der Waals surface area (Å²) in [6.07, 6.45) is 1.65. The van der Waals surface area contributed by atoms with Gasteiger partial charge in [0.2, 0.25) is 0 Å². The number of sulfone groups is 1. The third-order valence-corrected chi connectivity index (χ3v) is 6.08. The molecule has 2 rings (SSSR count). The van der Waals surface area contributed by atoms with Gasteiger partial charge < -0.3 is 0 Å². The molecule has 0 fully saturated rings. The molecule has 0 bridgehead atoms. The predicted molar refractivity (Wildman–Crippen MR) is 86.0 cm³/mol. The van der Waals surface area contributed by atoms with E-state index < -0.39 is 20.6 Å². The van der Waals surface area contributed by atoms with Gasteiger partial charge in [-0.05, 0) is 30.2 Å². The van der Waals surface area contributed by atoms with Crippen molar-refractivity contribution in [3.63, 3.8) is 0 Å². The monoisotopic (exact) mass is 342 g/mol. The van der Waals surface area contributed by atoms with E-state index >= 15 is 0 Å². The Bertz CT molecular complexity index is 770. The molecule has 1 atom stereocenters. The highest BCUT2D eigenvalue weighted by Gasteiger charge is 2.17. The van der Waals surface area contributed by atoms with E-state index in [0.29, 0.717) is 22.1 Å². The Morgan fingerprint density at radius 2 is 1.67 bits per heavy atom. The molecule has 2 aromatic carbocycles. The lowest BCUT2D eigenvalue weighted by molar-refractivity contribution is 0.599. The van der Waals surface area contributed by atoms with Crippen LogP contribution in [0.4, 0.5) is 0 Å². The van der Waals surface area contributed by atoms with Gasteiger partial charge >= 0.3 is 0 Å². The standard InChI is InChI=1S/C15H15ClO3S2/c1-21(18,19)15-9-5-4-8-14(15)20(17)11-10-12-6-2-3-7-13(12)16/h2-9H,10-11H2,1H3/t20-/m0/s1. The number of hydrogen-bond acceptors (Lipinski definition) is 3. The SMILES string of the molecule is CS(=O)(=O)c1ccccc1[S@@](=O)CCc1ccccc1Cl. The fourth-order valence-electron chi connectivity index (χ4n) is 1.96. The number of hydrogen-bond donors (Lipinski definition) is 0. The maximum atomic E-state index is 12.4. The average molecular weight is 343 g/mol. The first-order valence-corrected chi connectivity index (χ1v) is 9.89. The lowest BCUT2D eigenvalue weighted by Gasteiger charge is -2.08. The van der Waals surface area contributed by atoms with Gasteiger partial charge in [-0.25, -0.2) is 8.42 Å². The first kappa shape index (κ1) is 16.2. The summed E-state index contributed by atoms with van der Waals surface area (Å²) in [4.78, 5) is 0.481. The van der Waals surface area contributed by atoms with Crippen LogP contribution in [0.1, 0.15) is 5.56 Å². The summed E-state index contributed by atoms with van der Waals surface area (Å²) < 4.78 is 35.9. The van der Waals surface area contributed by atoms with Crippen molar-refractivity contribution >= 4 is 32.2 Å². The van der Waals surface area contributed by atoms with E-state index in [-0.39, 0.29) is 4.90 Å². The summed E-state index contributed by atoms with van der Waals surface area (Å²) in [6, 6.07) is 13.8. The second kappa shape index (κ2) is 6.73. The van der Waals surface area contributed by atoms with Crippen molar-refractivity contribution in [2.24, 2.45) is 0 Å². The minimum atomic E-state index is -3.39. The van der Waals surface area contributed by atoms with Crippen LogP contribution in [-0.4, -0.2) is 24.6 Å². The molecule has 0 aliphatic heterocycles. The molecule has 0 radical (unpaired) electrons. The molecule has 6 heteroatoms. The van der Waals surface area contributed by atoms with Crippen LogP contribution in [0.25, 0.3) is 0 Å². The summed E-state index contributed by atoms with van der Waals surface area (Å²) in [5.41, 5.74) is 0.907. The summed E-state index contributed by atoms with van der Waals surface area (Å²) in [7, 11) is -4.78. The Balaban J connectivity index is 2.21. The zero-order chi connectivity index (χ0) is 15.5. The molecule has 112 valence electrons. The van der Waals surface area contributed by atoms with Gasteiger partial charge in [0.25, 0.3) is 0 Å². The van der Waals surface area contributed by atoms with Gasteiger partial charge in [-0.2, -0.15) is 0 Å². The maximum Gasteiger partial charge on any atom is 0.176 e. The highest BCUT2D eigenvalue weighted by Crippen LogP contribution is 2.21. The third kappa shape index (κ3) is 4.15. The van der Waals surface area contributed by atoms with Gasteiger partial charge in [0, 0.05) is 17.0 Å². The summed E-state index contributed by atoms with van der Waals surface area (Å²) in [5, 5.41) is 0.630. The van der Waals surface area contributed by atoms with Crippen molar-refractivity contribution in [1.29, 1.82) is 0 Å². The molecule has 0 N–H and O–H groups in total. The fraction of sp³-hybridized carbons (Fsp3) is 0.200. The van der Waals surface area contributed by atoms with Gasteiger partial charge in [0.15, 0.2) is 9.84 Å². The van der Waals surface area contributed by atoms with Gasteiger partial charge in [-0.1, -0.05) is 41.9 Å². The molecule has 3 nitrogen and oxygen atoms in total. The van der Waals surface area contributed by atoms with Gasteiger partial charge in [-0.15, -0.1) is 0 Å². The zero-order valence-corrected chi connectivity index (χ0v) is 13.8. The van der Waals surface area contributed by atoms with Crippen molar-refractivity contribution in [3.05, 3.63) is 59.1 Å². The van der Waals surface area contributed by atoms with E-state index in [9.17, 15) is 12.6 Å². The van der Waals surface area contributed by atoms with Crippen molar-refractivity contribution in [2.45, 2.75) is 16.2 Å². The van der Waals surface area contributed by atoms with Crippen LogP contribution < -0.4 is 0 Å². The first-order valence-electron chi connectivity index (χ1n) is 6.30. The zero-order valence-electron chi connectivity index (χ0n) is 11.5. The van der Waals surface area contributed by atoms with Crippen LogP contribution in [0.2, 0.25) is 5.02 Å². The van der Waals surface area contributed by atoms with E-state index in [1.165, 1.54) is 6.07 Å². The molecule has 21 heavy (non-hydrogen) atoms. The highest BCUT2D eigenvalue weighted by molar-refractivity contribution is 7.92. The average Bonchev–Trinajstić information content (AvgIpc) is 2.45. The van der Waals surface area contributed by atoms with Crippen LogP contribution in [0.3, 0.4) is 0 Å².